The Morgan fingerprint density at radius 2 is 2.04 bits per heavy atom. The van der Waals surface area contributed by atoms with Gasteiger partial charge >= 0.3 is 12.0 Å². The van der Waals surface area contributed by atoms with E-state index in [0.29, 0.717) is 30.8 Å². The summed E-state index contributed by atoms with van der Waals surface area (Å²) in [4.78, 5) is 32.8. The zero-order valence-electron chi connectivity index (χ0n) is 15.0. The first kappa shape index (κ1) is 16.6. The molecule has 24 heavy (non-hydrogen) atoms. The summed E-state index contributed by atoms with van der Waals surface area (Å²) >= 11 is 0. The molecule has 130 valence electrons. The number of imide groups is 1. The molecule has 0 aromatic heterocycles. The molecule has 8 nitrogen and oxygen atoms in total. The molecule has 3 amide bonds. The fourth-order valence-electron chi connectivity index (χ4n) is 3.30. The van der Waals surface area contributed by atoms with Gasteiger partial charge in [-0.1, -0.05) is 25.8 Å². The number of likely N-dealkylation sites (N-methyl/N-ethyl adjacent to an activating group) is 1. The van der Waals surface area contributed by atoms with Gasteiger partial charge < -0.3 is 0 Å². The number of nitrogens with zero attached hydrogens (tertiary/aromatic N) is 6. The van der Waals surface area contributed by atoms with E-state index in [1.807, 2.05) is 23.4 Å². The number of urea groups is 1. The van der Waals surface area contributed by atoms with E-state index < -0.39 is 6.04 Å². The number of carbonyl (C=O) groups excluding carboxylic acids is 2. The molecule has 0 aromatic rings. The summed E-state index contributed by atoms with van der Waals surface area (Å²) in [6.45, 7) is 9.84. The van der Waals surface area contributed by atoms with Crippen molar-refractivity contribution < 1.29 is 14.2 Å². The van der Waals surface area contributed by atoms with Crippen LogP contribution in [0.4, 0.5) is 4.79 Å². The number of hydrogen-bond donors (Lipinski definition) is 0. The van der Waals surface area contributed by atoms with Crippen LogP contribution in [-0.4, -0.2) is 81.6 Å². The largest absolute Gasteiger partial charge is 0.416 e. The third-order valence-electron chi connectivity index (χ3n) is 4.30. The summed E-state index contributed by atoms with van der Waals surface area (Å²) in [6.07, 6.45) is 0.737. The van der Waals surface area contributed by atoms with Crippen molar-refractivity contribution in [3.05, 3.63) is 0 Å². The van der Waals surface area contributed by atoms with E-state index in [-0.39, 0.29) is 11.9 Å². The molecule has 0 saturated carbocycles. The molecule has 1 fully saturated rings. The fourth-order valence-corrected chi connectivity index (χ4v) is 3.30. The maximum atomic E-state index is 12.9. The van der Waals surface area contributed by atoms with Gasteiger partial charge in [0.05, 0.1) is 12.3 Å². The predicted octanol–water partition coefficient (Wildman–Crippen LogP) is 0.787. The number of amides is 3. The number of hydrogen-bond acceptors (Lipinski definition) is 5. The summed E-state index contributed by atoms with van der Waals surface area (Å²) in [5, 5.41) is 6.44. The van der Waals surface area contributed by atoms with Crippen molar-refractivity contribution in [2.45, 2.75) is 40.2 Å². The van der Waals surface area contributed by atoms with Gasteiger partial charge in [0, 0.05) is 13.6 Å². The summed E-state index contributed by atoms with van der Waals surface area (Å²) in [5.74, 6) is 1.39. The Bertz CT molecular complexity index is 678. The average Bonchev–Trinajstić information content (AvgIpc) is 2.88. The monoisotopic (exact) mass is 333 g/mol. The molecule has 3 aliphatic heterocycles. The van der Waals surface area contributed by atoms with Gasteiger partial charge in [0.25, 0.3) is 5.91 Å². The zero-order valence-corrected chi connectivity index (χ0v) is 15.0. The highest BCUT2D eigenvalue weighted by atomic mass is 16.2. The van der Waals surface area contributed by atoms with E-state index in [1.54, 1.807) is 7.05 Å². The topological polar surface area (TPSA) is 71.6 Å². The highest BCUT2D eigenvalue weighted by molar-refractivity contribution is 6.23. The molecular formula is C16H25N6O2+. The Morgan fingerprint density at radius 1 is 1.33 bits per heavy atom. The van der Waals surface area contributed by atoms with Crippen molar-refractivity contribution in [2.75, 3.05) is 26.7 Å². The van der Waals surface area contributed by atoms with Crippen LogP contribution in [0, 0.1) is 5.92 Å². The molecule has 0 aliphatic carbocycles. The fraction of sp³-hybridized carbons (Fsp3) is 0.688. The van der Waals surface area contributed by atoms with Crippen LogP contribution in [0.2, 0.25) is 0 Å². The van der Waals surface area contributed by atoms with Crippen LogP contribution in [0.3, 0.4) is 0 Å². The van der Waals surface area contributed by atoms with E-state index in [2.05, 4.69) is 23.9 Å². The molecule has 0 aromatic carbocycles. The van der Waals surface area contributed by atoms with Crippen LogP contribution in [0.25, 0.3) is 0 Å². The summed E-state index contributed by atoms with van der Waals surface area (Å²) in [5.41, 5.74) is 0.935. The maximum absolute atomic E-state index is 12.9. The van der Waals surface area contributed by atoms with Gasteiger partial charge in [0.2, 0.25) is 11.9 Å². The van der Waals surface area contributed by atoms with Crippen LogP contribution in [0.1, 0.15) is 34.1 Å². The maximum Gasteiger partial charge on any atom is 0.416 e. The Balaban J connectivity index is 2.00. The number of amidine groups is 1. The lowest BCUT2D eigenvalue weighted by Crippen LogP contribution is -2.63. The zero-order chi connectivity index (χ0) is 17.6. The molecule has 3 aliphatic rings. The van der Waals surface area contributed by atoms with Crippen molar-refractivity contribution >= 4 is 29.4 Å². The minimum absolute atomic E-state index is 0.187. The molecule has 0 spiro atoms. The number of rotatable bonds is 4. The third-order valence-corrected chi connectivity index (χ3v) is 4.30. The van der Waals surface area contributed by atoms with E-state index in [4.69, 9.17) is 0 Å². The summed E-state index contributed by atoms with van der Waals surface area (Å²) in [7, 11) is 1.68. The van der Waals surface area contributed by atoms with Gasteiger partial charge in [-0.05, 0) is 19.3 Å². The Hall–Kier alpha value is -2.25. The average molecular weight is 333 g/mol. The summed E-state index contributed by atoms with van der Waals surface area (Å²) < 4.78 is 1.97. The van der Waals surface area contributed by atoms with E-state index in [1.165, 1.54) is 9.80 Å². The van der Waals surface area contributed by atoms with E-state index in [9.17, 15) is 9.59 Å². The molecule has 0 bridgehead atoms. The van der Waals surface area contributed by atoms with Crippen molar-refractivity contribution in [2.24, 2.45) is 16.0 Å². The second-order valence-corrected chi connectivity index (χ2v) is 6.94. The molecule has 1 unspecified atom stereocenters. The number of hydrazone groups is 1. The minimum Gasteiger partial charge on any atom is -0.270 e. The van der Waals surface area contributed by atoms with Crippen molar-refractivity contribution in [3.63, 3.8) is 0 Å². The molecule has 3 heterocycles. The second-order valence-electron chi connectivity index (χ2n) is 6.94. The Labute approximate surface area is 142 Å². The molecule has 3 rings (SSSR count). The number of guanidine groups is 1. The van der Waals surface area contributed by atoms with Crippen LogP contribution < -0.4 is 0 Å². The van der Waals surface area contributed by atoms with Gasteiger partial charge in [0.1, 0.15) is 6.54 Å². The van der Waals surface area contributed by atoms with Crippen LogP contribution >= 0.6 is 0 Å². The van der Waals surface area contributed by atoms with Gasteiger partial charge in [-0.15, -0.1) is 10.1 Å². The van der Waals surface area contributed by atoms with Gasteiger partial charge in [-0.2, -0.15) is 0 Å². The van der Waals surface area contributed by atoms with Crippen molar-refractivity contribution in [1.82, 2.24) is 14.8 Å². The van der Waals surface area contributed by atoms with Crippen LogP contribution in [0.5, 0.6) is 0 Å². The van der Waals surface area contributed by atoms with E-state index >= 15 is 0 Å². The number of aliphatic imine (C=N–C) groups is 1. The van der Waals surface area contributed by atoms with Crippen LogP contribution in [-0.2, 0) is 4.79 Å². The van der Waals surface area contributed by atoms with E-state index in [0.717, 1.165) is 18.7 Å². The normalized spacial score (nSPS) is 23.8. The molecule has 0 N–H and O–H groups in total. The molecule has 0 radical (unpaired) electrons. The molecule has 8 heteroatoms. The number of carbonyl (C=O) groups is 2. The van der Waals surface area contributed by atoms with Gasteiger partial charge in [0.15, 0.2) is 0 Å². The molecule has 1 saturated heterocycles. The minimum atomic E-state index is -0.533. The highest BCUT2D eigenvalue weighted by Crippen LogP contribution is 2.23. The Kier molecular flexibility index (Phi) is 4.15. The summed E-state index contributed by atoms with van der Waals surface area (Å²) in [6, 6.07) is -0.834. The Morgan fingerprint density at radius 3 is 2.67 bits per heavy atom. The first-order valence-corrected chi connectivity index (χ1v) is 8.48. The first-order chi connectivity index (χ1) is 11.3. The molecular weight excluding hydrogens is 308 g/mol. The first-order valence-electron chi connectivity index (χ1n) is 8.48. The van der Waals surface area contributed by atoms with Crippen molar-refractivity contribution in [3.8, 4) is 0 Å². The SMILES string of the molecule is CCCN1C(=O)C2C(=NC3=[N+]2CC(C)=NN3CC(C)C)N(C)C1=O. The lowest BCUT2D eigenvalue weighted by molar-refractivity contribution is -0.528. The molecule has 1 atom stereocenters. The quantitative estimate of drug-likeness (QED) is 0.714. The second kappa shape index (κ2) is 5.99. The van der Waals surface area contributed by atoms with Crippen LogP contribution in [0.15, 0.2) is 10.1 Å². The van der Waals surface area contributed by atoms with Gasteiger partial charge in [-0.25, -0.2) is 9.37 Å². The van der Waals surface area contributed by atoms with Crippen molar-refractivity contribution in [1.29, 1.82) is 0 Å². The third kappa shape index (κ3) is 2.50. The van der Waals surface area contributed by atoms with Gasteiger partial charge in [-0.3, -0.25) is 14.6 Å². The standard InChI is InChI=1S/C16H25N6O2/c1-6-7-20-14(23)12-13(19(5)16(20)24)17-15-21(12)9-11(4)18-22(15)8-10(2)3/h10,12H,6-9H2,1-5H3/q+1. The number of fused-ring (bicyclic) bond motifs is 2. The highest BCUT2D eigenvalue weighted by Gasteiger charge is 2.54. The smallest absolute Gasteiger partial charge is 0.270 e. The lowest BCUT2D eigenvalue weighted by Gasteiger charge is -2.34. The lowest BCUT2D eigenvalue weighted by atomic mass is 10.1. The predicted molar refractivity (Wildman–Crippen MR) is 91.2 cm³/mol.